The van der Waals surface area contributed by atoms with Crippen molar-refractivity contribution in [1.82, 2.24) is 5.32 Å². The number of thiophene rings is 1. The van der Waals surface area contributed by atoms with Crippen molar-refractivity contribution in [2.24, 2.45) is 11.8 Å². The Morgan fingerprint density at radius 2 is 2.25 bits per heavy atom. The van der Waals surface area contributed by atoms with Gasteiger partial charge in [-0.2, -0.15) is 11.3 Å². The average molecular weight is 237 g/mol. The molecule has 1 nitrogen and oxygen atoms in total. The van der Waals surface area contributed by atoms with Crippen molar-refractivity contribution in [3.63, 3.8) is 0 Å². The molecule has 1 fully saturated rings. The molecule has 0 aliphatic heterocycles. The number of hydrogen-bond donors (Lipinski definition) is 1. The minimum Gasteiger partial charge on any atom is -0.319 e. The standard InChI is InChI=1S/C14H23NS/c1-15-10-14(13-4-2-3-5-13)7-6-12-8-9-16-11-12/h8-9,11,13-15H,2-7,10H2,1H3. The van der Waals surface area contributed by atoms with E-state index in [0.29, 0.717) is 0 Å². The SMILES string of the molecule is CNCC(CCc1ccsc1)C1CCCC1. The molecule has 2 heteroatoms. The molecule has 1 heterocycles. The van der Waals surface area contributed by atoms with Gasteiger partial charge in [-0.05, 0) is 60.7 Å². The predicted octanol–water partition coefficient (Wildman–Crippen LogP) is 3.71. The molecule has 1 atom stereocenters. The van der Waals surface area contributed by atoms with Crippen molar-refractivity contribution >= 4 is 11.3 Å². The summed E-state index contributed by atoms with van der Waals surface area (Å²) in [5, 5.41) is 7.87. The van der Waals surface area contributed by atoms with E-state index >= 15 is 0 Å². The lowest BCUT2D eigenvalue weighted by atomic mass is 9.86. The van der Waals surface area contributed by atoms with E-state index in [2.05, 4.69) is 29.2 Å². The first kappa shape index (κ1) is 12.1. The summed E-state index contributed by atoms with van der Waals surface area (Å²) in [5.74, 6) is 1.89. The molecular formula is C14H23NS. The molecule has 2 rings (SSSR count). The molecule has 0 spiro atoms. The molecular weight excluding hydrogens is 214 g/mol. The van der Waals surface area contributed by atoms with Crippen LogP contribution < -0.4 is 5.32 Å². The Labute approximate surface area is 103 Å². The van der Waals surface area contributed by atoms with E-state index in [9.17, 15) is 0 Å². The Morgan fingerprint density at radius 3 is 2.88 bits per heavy atom. The van der Waals surface area contributed by atoms with Crippen molar-refractivity contribution in [2.75, 3.05) is 13.6 Å². The van der Waals surface area contributed by atoms with E-state index in [1.807, 2.05) is 11.3 Å². The lowest BCUT2D eigenvalue weighted by molar-refractivity contribution is 0.311. The van der Waals surface area contributed by atoms with Crippen LogP contribution >= 0.6 is 11.3 Å². The molecule has 0 aromatic carbocycles. The van der Waals surface area contributed by atoms with Crippen LogP contribution in [0.5, 0.6) is 0 Å². The molecule has 1 aliphatic rings. The summed E-state index contributed by atoms with van der Waals surface area (Å²) in [5.41, 5.74) is 1.53. The van der Waals surface area contributed by atoms with Crippen LogP contribution in [-0.2, 0) is 6.42 Å². The fraction of sp³-hybridized carbons (Fsp3) is 0.714. The summed E-state index contributed by atoms with van der Waals surface area (Å²) in [6.07, 6.45) is 8.49. The Bertz CT molecular complexity index is 275. The van der Waals surface area contributed by atoms with Gasteiger partial charge in [-0.15, -0.1) is 0 Å². The molecule has 1 aromatic rings. The summed E-state index contributed by atoms with van der Waals surface area (Å²) in [6.45, 7) is 1.20. The maximum Gasteiger partial charge on any atom is -0.00208 e. The molecule has 0 bridgehead atoms. The molecule has 1 aliphatic carbocycles. The van der Waals surface area contributed by atoms with Crippen molar-refractivity contribution in [2.45, 2.75) is 38.5 Å². The maximum absolute atomic E-state index is 3.38. The Hall–Kier alpha value is -0.340. The van der Waals surface area contributed by atoms with E-state index < -0.39 is 0 Å². The zero-order valence-corrected chi connectivity index (χ0v) is 11.1. The fourth-order valence-electron chi connectivity index (χ4n) is 2.98. The first-order valence-electron chi connectivity index (χ1n) is 6.56. The van der Waals surface area contributed by atoms with Crippen LogP contribution in [0.2, 0.25) is 0 Å². The van der Waals surface area contributed by atoms with Crippen LogP contribution in [0.1, 0.15) is 37.7 Å². The monoisotopic (exact) mass is 237 g/mol. The van der Waals surface area contributed by atoms with Crippen LogP contribution in [-0.4, -0.2) is 13.6 Å². The van der Waals surface area contributed by atoms with Gasteiger partial charge in [0.05, 0.1) is 0 Å². The lowest BCUT2D eigenvalue weighted by Crippen LogP contribution is -2.25. The average Bonchev–Trinajstić information content (AvgIpc) is 2.96. The smallest absolute Gasteiger partial charge is 0.00208 e. The van der Waals surface area contributed by atoms with Gasteiger partial charge in [0.15, 0.2) is 0 Å². The highest BCUT2D eigenvalue weighted by Crippen LogP contribution is 2.33. The lowest BCUT2D eigenvalue weighted by Gasteiger charge is -2.23. The molecule has 1 unspecified atom stereocenters. The third kappa shape index (κ3) is 3.33. The summed E-state index contributed by atoms with van der Waals surface area (Å²) >= 11 is 1.82. The Kier molecular flexibility index (Phi) is 4.86. The summed E-state index contributed by atoms with van der Waals surface area (Å²) in [4.78, 5) is 0. The van der Waals surface area contributed by atoms with E-state index in [0.717, 1.165) is 11.8 Å². The van der Waals surface area contributed by atoms with Crippen LogP contribution in [0.3, 0.4) is 0 Å². The minimum absolute atomic E-state index is 0.896. The summed E-state index contributed by atoms with van der Waals surface area (Å²) < 4.78 is 0. The highest BCUT2D eigenvalue weighted by Gasteiger charge is 2.24. The molecule has 1 N–H and O–H groups in total. The van der Waals surface area contributed by atoms with Gasteiger partial charge >= 0.3 is 0 Å². The second-order valence-electron chi connectivity index (χ2n) is 5.03. The fourth-order valence-corrected chi connectivity index (χ4v) is 3.69. The van der Waals surface area contributed by atoms with Crippen LogP contribution in [0.25, 0.3) is 0 Å². The number of nitrogens with one attached hydrogen (secondary N) is 1. The molecule has 0 radical (unpaired) electrons. The molecule has 1 aromatic heterocycles. The molecule has 1 saturated carbocycles. The Balaban J connectivity index is 1.82. The molecule has 90 valence electrons. The zero-order valence-electron chi connectivity index (χ0n) is 10.2. The van der Waals surface area contributed by atoms with Crippen molar-refractivity contribution in [1.29, 1.82) is 0 Å². The van der Waals surface area contributed by atoms with Gasteiger partial charge in [-0.1, -0.05) is 25.7 Å². The van der Waals surface area contributed by atoms with Gasteiger partial charge in [-0.3, -0.25) is 0 Å². The zero-order chi connectivity index (χ0) is 11.2. The van der Waals surface area contributed by atoms with Gasteiger partial charge in [0.1, 0.15) is 0 Å². The van der Waals surface area contributed by atoms with Gasteiger partial charge < -0.3 is 5.32 Å². The number of hydrogen-bond acceptors (Lipinski definition) is 2. The summed E-state index contributed by atoms with van der Waals surface area (Å²) in [7, 11) is 2.09. The van der Waals surface area contributed by atoms with Gasteiger partial charge in [0.2, 0.25) is 0 Å². The van der Waals surface area contributed by atoms with Gasteiger partial charge in [0.25, 0.3) is 0 Å². The van der Waals surface area contributed by atoms with E-state index in [4.69, 9.17) is 0 Å². The number of rotatable bonds is 6. The highest BCUT2D eigenvalue weighted by molar-refractivity contribution is 7.07. The molecule has 0 amide bonds. The maximum atomic E-state index is 3.38. The first-order chi connectivity index (χ1) is 7.90. The van der Waals surface area contributed by atoms with Crippen molar-refractivity contribution in [3.05, 3.63) is 22.4 Å². The van der Waals surface area contributed by atoms with Crippen LogP contribution in [0, 0.1) is 11.8 Å². The Morgan fingerprint density at radius 1 is 1.44 bits per heavy atom. The minimum atomic E-state index is 0.896. The van der Waals surface area contributed by atoms with Gasteiger partial charge in [-0.25, -0.2) is 0 Å². The number of aryl methyl sites for hydroxylation is 1. The largest absolute Gasteiger partial charge is 0.319 e. The quantitative estimate of drug-likeness (QED) is 0.795. The highest BCUT2D eigenvalue weighted by atomic mass is 32.1. The molecule has 0 saturated heterocycles. The second-order valence-corrected chi connectivity index (χ2v) is 5.81. The predicted molar refractivity (Wildman–Crippen MR) is 72.0 cm³/mol. The normalized spacial score (nSPS) is 19.1. The third-order valence-electron chi connectivity index (χ3n) is 3.92. The van der Waals surface area contributed by atoms with E-state index in [1.165, 1.54) is 50.6 Å². The van der Waals surface area contributed by atoms with Crippen molar-refractivity contribution < 1.29 is 0 Å². The van der Waals surface area contributed by atoms with E-state index in [1.54, 1.807) is 0 Å². The molecule has 16 heavy (non-hydrogen) atoms. The van der Waals surface area contributed by atoms with Crippen LogP contribution in [0.4, 0.5) is 0 Å². The van der Waals surface area contributed by atoms with Gasteiger partial charge in [0, 0.05) is 0 Å². The van der Waals surface area contributed by atoms with Crippen LogP contribution in [0.15, 0.2) is 16.8 Å². The van der Waals surface area contributed by atoms with Crippen molar-refractivity contribution in [3.8, 4) is 0 Å². The first-order valence-corrected chi connectivity index (χ1v) is 7.50. The van der Waals surface area contributed by atoms with E-state index in [-0.39, 0.29) is 0 Å². The third-order valence-corrected chi connectivity index (χ3v) is 4.65. The topological polar surface area (TPSA) is 12.0 Å². The second kappa shape index (κ2) is 6.41. The summed E-state index contributed by atoms with van der Waals surface area (Å²) in [6, 6.07) is 2.27.